The lowest BCUT2D eigenvalue weighted by Crippen LogP contribution is -2.16. The first-order valence-corrected chi connectivity index (χ1v) is 10.4. The van der Waals surface area contributed by atoms with Crippen LogP contribution in [0, 0.1) is 0 Å². The number of hydrogen-bond donors (Lipinski definition) is 2. The van der Waals surface area contributed by atoms with E-state index in [1.54, 1.807) is 0 Å². The van der Waals surface area contributed by atoms with Crippen LogP contribution in [-0.4, -0.2) is 11.6 Å². The molecular formula is C24H21BrN2O. The molecule has 1 aromatic heterocycles. The molecule has 0 saturated carbocycles. The summed E-state index contributed by atoms with van der Waals surface area (Å²) in [5.74, 6) is 0. The Morgan fingerprint density at radius 2 is 1.82 bits per heavy atom. The van der Waals surface area contributed by atoms with Gasteiger partial charge < -0.3 is 15.0 Å². The molecule has 0 aliphatic carbocycles. The van der Waals surface area contributed by atoms with Crippen LogP contribution in [0.1, 0.15) is 28.5 Å². The highest BCUT2D eigenvalue weighted by atomic mass is 79.9. The highest BCUT2D eigenvalue weighted by molar-refractivity contribution is 9.10. The molecular weight excluding hydrogens is 412 g/mol. The van der Waals surface area contributed by atoms with Gasteiger partial charge in [-0.25, -0.2) is 0 Å². The van der Waals surface area contributed by atoms with Crippen molar-refractivity contribution in [3.8, 4) is 0 Å². The number of rotatable bonds is 4. The lowest BCUT2D eigenvalue weighted by molar-refractivity contribution is 0.0677. The van der Waals surface area contributed by atoms with Gasteiger partial charge in [-0.1, -0.05) is 58.4 Å². The maximum absolute atomic E-state index is 6.16. The topological polar surface area (TPSA) is 37.0 Å². The summed E-state index contributed by atoms with van der Waals surface area (Å²) < 4.78 is 7.27. The Kier molecular flexibility index (Phi) is 4.67. The van der Waals surface area contributed by atoms with Crippen molar-refractivity contribution in [2.45, 2.75) is 19.1 Å². The van der Waals surface area contributed by atoms with Crippen LogP contribution in [0.5, 0.6) is 0 Å². The highest BCUT2D eigenvalue weighted by Crippen LogP contribution is 2.37. The zero-order valence-electron chi connectivity index (χ0n) is 15.4. The summed E-state index contributed by atoms with van der Waals surface area (Å²) in [5, 5.41) is 4.77. The molecule has 0 fully saturated rings. The van der Waals surface area contributed by atoms with Gasteiger partial charge in [0.2, 0.25) is 0 Å². The number of ether oxygens (including phenoxy) is 1. The van der Waals surface area contributed by atoms with Crippen LogP contribution in [0.15, 0.2) is 77.3 Å². The molecule has 5 rings (SSSR count). The molecule has 1 atom stereocenters. The van der Waals surface area contributed by atoms with Gasteiger partial charge in [0.15, 0.2) is 0 Å². The van der Waals surface area contributed by atoms with Gasteiger partial charge in [0.25, 0.3) is 0 Å². The standard InChI is InChI=1S/C24H21BrN2O/c25-18-8-11-22-21(14-18)20-12-13-28-24(23(20)27-22)17-6-9-19(10-7-17)26-15-16-4-2-1-3-5-16/h1-11,14,24,26-27H,12-13,15H2. The van der Waals surface area contributed by atoms with E-state index in [-0.39, 0.29) is 6.10 Å². The molecule has 3 nitrogen and oxygen atoms in total. The summed E-state index contributed by atoms with van der Waals surface area (Å²) in [7, 11) is 0. The molecule has 1 unspecified atom stereocenters. The van der Waals surface area contributed by atoms with Crippen LogP contribution in [-0.2, 0) is 17.7 Å². The molecule has 140 valence electrons. The molecule has 0 amide bonds. The third-order valence-corrected chi connectivity index (χ3v) is 5.85. The summed E-state index contributed by atoms with van der Waals surface area (Å²) in [4.78, 5) is 3.59. The number of fused-ring (bicyclic) bond motifs is 3. The number of aromatic amines is 1. The van der Waals surface area contributed by atoms with Gasteiger partial charge in [-0.2, -0.15) is 0 Å². The predicted molar refractivity (Wildman–Crippen MR) is 118 cm³/mol. The minimum atomic E-state index is -0.0434. The zero-order chi connectivity index (χ0) is 18.9. The average molecular weight is 433 g/mol. The minimum Gasteiger partial charge on any atom is -0.381 e. The smallest absolute Gasteiger partial charge is 0.123 e. The first kappa shape index (κ1) is 17.5. The second-order valence-corrected chi connectivity index (χ2v) is 8.08. The number of halogens is 1. The van der Waals surface area contributed by atoms with Crippen LogP contribution >= 0.6 is 15.9 Å². The highest BCUT2D eigenvalue weighted by Gasteiger charge is 2.26. The first-order chi connectivity index (χ1) is 13.8. The van der Waals surface area contributed by atoms with Gasteiger partial charge in [-0.3, -0.25) is 0 Å². The molecule has 0 radical (unpaired) electrons. The second-order valence-electron chi connectivity index (χ2n) is 7.17. The van der Waals surface area contributed by atoms with Crippen LogP contribution in [0.25, 0.3) is 10.9 Å². The summed E-state index contributed by atoms with van der Waals surface area (Å²) in [6, 6.07) is 25.4. The number of anilines is 1. The quantitative estimate of drug-likeness (QED) is 0.402. The Morgan fingerprint density at radius 1 is 1.00 bits per heavy atom. The summed E-state index contributed by atoms with van der Waals surface area (Å²) in [5.41, 5.74) is 7.30. The van der Waals surface area contributed by atoms with E-state index >= 15 is 0 Å². The van der Waals surface area contributed by atoms with Crippen LogP contribution < -0.4 is 5.32 Å². The fourth-order valence-electron chi connectivity index (χ4n) is 3.93. The number of aromatic nitrogens is 1. The van der Waals surface area contributed by atoms with Crippen molar-refractivity contribution in [2.75, 3.05) is 11.9 Å². The summed E-state index contributed by atoms with van der Waals surface area (Å²) >= 11 is 3.59. The van der Waals surface area contributed by atoms with Gasteiger partial charge in [0.1, 0.15) is 6.10 Å². The maximum Gasteiger partial charge on any atom is 0.123 e. The Hall–Kier alpha value is -2.56. The second kappa shape index (κ2) is 7.46. The molecule has 28 heavy (non-hydrogen) atoms. The Bertz CT molecular complexity index is 1100. The Morgan fingerprint density at radius 3 is 2.64 bits per heavy atom. The SMILES string of the molecule is Brc1ccc2[nH]c3c(c2c1)CCOC3c1ccc(NCc2ccccc2)cc1. The number of nitrogens with one attached hydrogen (secondary N) is 2. The molecule has 1 aliphatic heterocycles. The largest absolute Gasteiger partial charge is 0.381 e. The number of hydrogen-bond acceptors (Lipinski definition) is 2. The van der Waals surface area contributed by atoms with E-state index in [2.05, 4.69) is 93.0 Å². The van der Waals surface area contributed by atoms with Crippen molar-refractivity contribution in [2.24, 2.45) is 0 Å². The van der Waals surface area contributed by atoms with Crippen LogP contribution in [0.3, 0.4) is 0 Å². The molecule has 4 heteroatoms. The average Bonchev–Trinajstić information content (AvgIpc) is 3.11. The van der Waals surface area contributed by atoms with Crippen molar-refractivity contribution in [3.05, 3.63) is 99.7 Å². The van der Waals surface area contributed by atoms with E-state index in [0.717, 1.165) is 29.7 Å². The minimum absolute atomic E-state index is 0.0434. The van der Waals surface area contributed by atoms with E-state index in [1.807, 2.05) is 6.07 Å². The van der Waals surface area contributed by atoms with E-state index < -0.39 is 0 Å². The van der Waals surface area contributed by atoms with Crippen molar-refractivity contribution in [1.29, 1.82) is 0 Å². The molecule has 0 bridgehead atoms. The fourth-order valence-corrected chi connectivity index (χ4v) is 4.30. The van der Waals surface area contributed by atoms with Crippen molar-refractivity contribution >= 4 is 32.5 Å². The van der Waals surface area contributed by atoms with E-state index in [4.69, 9.17) is 4.74 Å². The van der Waals surface area contributed by atoms with E-state index in [0.29, 0.717) is 0 Å². The van der Waals surface area contributed by atoms with Gasteiger partial charge in [-0.05, 0) is 53.4 Å². The van der Waals surface area contributed by atoms with Crippen LogP contribution in [0.2, 0.25) is 0 Å². The third kappa shape index (κ3) is 3.34. The maximum atomic E-state index is 6.16. The molecule has 1 aliphatic rings. The lowest BCUT2D eigenvalue weighted by atomic mass is 9.97. The van der Waals surface area contributed by atoms with Gasteiger partial charge in [0.05, 0.1) is 12.3 Å². The number of H-pyrrole nitrogens is 1. The first-order valence-electron chi connectivity index (χ1n) is 9.57. The summed E-state index contributed by atoms with van der Waals surface area (Å²) in [6.45, 7) is 1.56. The molecule has 0 spiro atoms. The zero-order valence-corrected chi connectivity index (χ0v) is 17.0. The van der Waals surface area contributed by atoms with E-state index in [9.17, 15) is 0 Å². The van der Waals surface area contributed by atoms with Gasteiger partial charge in [0, 0.05) is 27.6 Å². The normalized spacial score (nSPS) is 16.1. The van der Waals surface area contributed by atoms with Gasteiger partial charge >= 0.3 is 0 Å². The van der Waals surface area contributed by atoms with Crippen molar-refractivity contribution in [1.82, 2.24) is 4.98 Å². The fraction of sp³-hybridized carbons (Fsp3) is 0.167. The molecule has 3 aromatic carbocycles. The van der Waals surface area contributed by atoms with E-state index in [1.165, 1.54) is 33.3 Å². The van der Waals surface area contributed by atoms with Crippen molar-refractivity contribution in [3.63, 3.8) is 0 Å². The lowest BCUT2D eigenvalue weighted by Gasteiger charge is -2.24. The molecule has 2 heterocycles. The van der Waals surface area contributed by atoms with Crippen molar-refractivity contribution < 1.29 is 4.74 Å². The molecule has 4 aromatic rings. The summed E-state index contributed by atoms with van der Waals surface area (Å²) in [6.07, 6.45) is 0.900. The Labute approximate surface area is 172 Å². The third-order valence-electron chi connectivity index (χ3n) is 5.35. The molecule has 2 N–H and O–H groups in total. The predicted octanol–water partition coefficient (Wildman–Crippen LogP) is 6.20. The monoisotopic (exact) mass is 432 g/mol. The van der Waals surface area contributed by atoms with Crippen LogP contribution in [0.4, 0.5) is 5.69 Å². The number of benzene rings is 3. The Balaban J connectivity index is 1.39. The molecule has 0 saturated heterocycles. The van der Waals surface area contributed by atoms with Gasteiger partial charge in [-0.15, -0.1) is 0 Å².